The van der Waals surface area contributed by atoms with Crippen LogP contribution in [0.3, 0.4) is 0 Å². The van der Waals surface area contributed by atoms with E-state index in [2.05, 4.69) is 15.5 Å². The number of carbonyl (C=O) groups is 1. The molecule has 1 aliphatic heterocycles. The minimum atomic E-state index is -0.241. The summed E-state index contributed by atoms with van der Waals surface area (Å²) in [5.74, 6) is 2.19. The maximum absolute atomic E-state index is 12.2. The zero-order chi connectivity index (χ0) is 21.5. The van der Waals surface area contributed by atoms with Crippen molar-refractivity contribution < 1.29 is 23.7 Å². The first-order valence-electron chi connectivity index (χ1n) is 8.84. The number of amidine groups is 1. The highest BCUT2D eigenvalue weighted by molar-refractivity contribution is 8.18. The Balaban J connectivity index is 1.73. The second-order valence-corrected chi connectivity index (χ2v) is 6.97. The maximum atomic E-state index is 12.2. The fourth-order valence-electron chi connectivity index (χ4n) is 2.65. The Labute approximate surface area is 178 Å². The Bertz CT molecular complexity index is 1030. The lowest BCUT2D eigenvalue weighted by molar-refractivity contribution is -0.115. The molecule has 1 amide bonds. The van der Waals surface area contributed by atoms with Gasteiger partial charge in [0.15, 0.2) is 28.2 Å². The molecule has 0 unspecified atom stereocenters. The van der Waals surface area contributed by atoms with Crippen LogP contribution in [-0.2, 0) is 4.79 Å². The molecule has 2 aromatic rings. The number of nitrogens with zero attached hydrogens (tertiary/aromatic N) is 2. The average Bonchev–Trinajstić information content (AvgIpc) is 3.12. The Hall–Kier alpha value is -3.46. The summed E-state index contributed by atoms with van der Waals surface area (Å²) in [6.07, 6.45) is 3.32. The third kappa shape index (κ3) is 4.93. The van der Waals surface area contributed by atoms with Crippen LogP contribution in [0.2, 0.25) is 0 Å². The number of carbonyl (C=O) groups excluding carboxylic acids is 1. The molecule has 156 valence electrons. The number of methoxy groups -OCH3 is 4. The summed E-state index contributed by atoms with van der Waals surface area (Å²) in [5, 5.41) is 11.2. The molecule has 3 rings (SSSR count). The minimum absolute atomic E-state index is 0.241. The first-order chi connectivity index (χ1) is 14.6. The fraction of sp³-hybridized carbons (Fsp3) is 0.190. The van der Waals surface area contributed by atoms with Crippen molar-refractivity contribution in [1.29, 1.82) is 0 Å². The van der Waals surface area contributed by atoms with Crippen LogP contribution in [0.5, 0.6) is 23.0 Å². The van der Waals surface area contributed by atoms with Crippen molar-refractivity contribution in [2.75, 3.05) is 28.4 Å². The van der Waals surface area contributed by atoms with Gasteiger partial charge < -0.3 is 18.9 Å². The van der Waals surface area contributed by atoms with Crippen molar-refractivity contribution in [1.82, 2.24) is 5.32 Å². The number of nitrogens with one attached hydrogen (secondary N) is 1. The Morgan fingerprint density at radius 2 is 1.40 bits per heavy atom. The van der Waals surface area contributed by atoms with Gasteiger partial charge in [0.1, 0.15) is 0 Å². The lowest BCUT2D eigenvalue weighted by Crippen LogP contribution is -2.19. The third-order valence-corrected chi connectivity index (χ3v) is 5.02. The molecule has 30 heavy (non-hydrogen) atoms. The van der Waals surface area contributed by atoms with Crippen molar-refractivity contribution in [3.8, 4) is 23.0 Å². The number of amides is 1. The van der Waals surface area contributed by atoms with Crippen molar-refractivity contribution >= 4 is 35.1 Å². The Morgan fingerprint density at radius 1 is 0.833 bits per heavy atom. The van der Waals surface area contributed by atoms with E-state index in [0.717, 1.165) is 11.1 Å². The lowest BCUT2D eigenvalue weighted by Gasteiger charge is -2.07. The molecule has 0 aromatic heterocycles. The fourth-order valence-corrected chi connectivity index (χ4v) is 3.43. The molecule has 1 fully saturated rings. The normalized spacial score (nSPS) is 16.2. The molecule has 8 nitrogen and oxygen atoms in total. The SMILES string of the molecule is COc1ccc(C=N/N=C2\NC(=O)C(=Cc3ccc(OC)c(OC)c3)S2)cc1OC. The van der Waals surface area contributed by atoms with Crippen molar-refractivity contribution in [3.05, 3.63) is 52.4 Å². The lowest BCUT2D eigenvalue weighted by atomic mass is 10.2. The molecular formula is C21H21N3O5S. The summed E-state index contributed by atoms with van der Waals surface area (Å²) >= 11 is 1.21. The quantitative estimate of drug-likeness (QED) is 0.414. The number of benzene rings is 2. The zero-order valence-electron chi connectivity index (χ0n) is 17.0. The molecule has 0 radical (unpaired) electrons. The molecule has 1 heterocycles. The minimum Gasteiger partial charge on any atom is -0.493 e. The summed E-state index contributed by atoms with van der Waals surface area (Å²) in [6.45, 7) is 0. The molecule has 2 aromatic carbocycles. The summed E-state index contributed by atoms with van der Waals surface area (Å²) in [5.41, 5.74) is 1.59. The zero-order valence-corrected chi connectivity index (χ0v) is 17.8. The molecule has 0 spiro atoms. The van der Waals surface area contributed by atoms with Gasteiger partial charge in [-0.2, -0.15) is 5.10 Å². The molecule has 0 atom stereocenters. The van der Waals surface area contributed by atoms with E-state index in [1.807, 2.05) is 12.1 Å². The van der Waals surface area contributed by atoms with Crippen LogP contribution >= 0.6 is 11.8 Å². The van der Waals surface area contributed by atoms with Gasteiger partial charge in [-0.3, -0.25) is 10.1 Å². The monoisotopic (exact) mass is 427 g/mol. The van der Waals surface area contributed by atoms with Crippen LogP contribution in [0.25, 0.3) is 6.08 Å². The Morgan fingerprint density at radius 3 is 2.00 bits per heavy atom. The van der Waals surface area contributed by atoms with Gasteiger partial charge in [-0.25, -0.2) is 0 Å². The largest absolute Gasteiger partial charge is 0.493 e. The van der Waals surface area contributed by atoms with E-state index in [9.17, 15) is 4.79 Å². The molecule has 1 aliphatic rings. The smallest absolute Gasteiger partial charge is 0.264 e. The van der Waals surface area contributed by atoms with E-state index in [1.165, 1.54) is 11.8 Å². The summed E-state index contributed by atoms with van der Waals surface area (Å²) < 4.78 is 21.0. The first kappa shape index (κ1) is 21.3. The highest BCUT2D eigenvalue weighted by atomic mass is 32.2. The van der Waals surface area contributed by atoms with E-state index in [-0.39, 0.29) is 5.91 Å². The predicted molar refractivity (Wildman–Crippen MR) is 118 cm³/mol. The van der Waals surface area contributed by atoms with Gasteiger partial charge >= 0.3 is 0 Å². The van der Waals surface area contributed by atoms with Gasteiger partial charge in [0.25, 0.3) is 5.91 Å². The van der Waals surface area contributed by atoms with E-state index in [1.54, 1.807) is 65.0 Å². The summed E-state index contributed by atoms with van der Waals surface area (Å²) in [6, 6.07) is 10.8. The van der Waals surface area contributed by atoms with Gasteiger partial charge in [0.2, 0.25) is 0 Å². The number of ether oxygens (including phenoxy) is 4. The van der Waals surface area contributed by atoms with E-state index in [0.29, 0.717) is 33.1 Å². The van der Waals surface area contributed by atoms with Crippen LogP contribution in [0, 0.1) is 0 Å². The molecule has 0 bridgehead atoms. The standard InChI is InChI=1S/C21H21N3O5S/c1-26-15-7-5-13(9-17(15)28-3)11-19-20(25)23-21(30-19)24-22-12-14-6-8-16(27-2)18(10-14)29-4/h5-12H,1-4H3,(H,23,24,25). The number of hydrogen-bond acceptors (Lipinski definition) is 8. The first-order valence-corrected chi connectivity index (χ1v) is 9.65. The predicted octanol–water partition coefficient (Wildman–Crippen LogP) is 3.32. The van der Waals surface area contributed by atoms with Crippen molar-refractivity contribution in [3.63, 3.8) is 0 Å². The second kappa shape index (κ2) is 9.84. The van der Waals surface area contributed by atoms with Crippen LogP contribution in [0.4, 0.5) is 0 Å². The molecule has 0 aliphatic carbocycles. The average molecular weight is 427 g/mol. The van der Waals surface area contributed by atoms with Gasteiger partial charge in [0, 0.05) is 0 Å². The van der Waals surface area contributed by atoms with E-state index in [4.69, 9.17) is 18.9 Å². The van der Waals surface area contributed by atoms with E-state index < -0.39 is 0 Å². The van der Waals surface area contributed by atoms with Gasteiger partial charge in [-0.1, -0.05) is 6.07 Å². The van der Waals surface area contributed by atoms with E-state index >= 15 is 0 Å². The maximum Gasteiger partial charge on any atom is 0.264 e. The van der Waals surface area contributed by atoms with Crippen LogP contribution < -0.4 is 24.3 Å². The highest BCUT2D eigenvalue weighted by Crippen LogP contribution is 2.31. The van der Waals surface area contributed by atoms with Gasteiger partial charge in [0.05, 0.1) is 39.6 Å². The third-order valence-electron chi connectivity index (χ3n) is 4.12. The van der Waals surface area contributed by atoms with Crippen molar-refractivity contribution in [2.24, 2.45) is 10.2 Å². The molecular weight excluding hydrogens is 406 g/mol. The van der Waals surface area contributed by atoms with Gasteiger partial charge in [-0.15, -0.1) is 5.10 Å². The molecule has 1 saturated heterocycles. The summed E-state index contributed by atoms with van der Waals surface area (Å²) in [4.78, 5) is 12.7. The second-order valence-electron chi connectivity index (χ2n) is 5.94. The molecule has 9 heteroatoms. The van der Waals surface area contributed by atoms with Crippen LogP contribution in [0.1, 0.15) is 11.1 Å². The van der Waals surface area contributed by atoms with Crippen molar-refractivity contribution in [2.45, 2.75) is 0 Å². The Kier molecular flexibility index (Phi) is 6.97. The number of thioether (sulfide) groups is 1. The number of hydrogen-bond donors (Lipinski definition) is 1. The summed E-state index contributed by atoms with van der Waals surface area (Å²) in [7, 11) is 6.27. The van der Waals surface area contributed by atoms with Crippen LogP contribution in [0.15, 0.2) is 51.5 Å². The number of rotatable bonds is 7. The topological polar surface area (TPSA) is 90.7 Å². The van der Waals surface area contributed by atoms with Crippen LogP contribution in [-0.4, -0.2) is 45.7 Å². The van der Waals surface area contributed by atoms with Gasteiger partial charge in [-0.05, 0) is 59.3 Å². The highest BCUT2D eigenvalue weighted by Gasteiger charge is 2.24. The molecule has 0 saturated carbocycles. The molecule has 1 N–H and O–H groups in total.